The first-order valence-electron chi connectivity index (χ1n) is 13.5. The van der Waals surface area contributed by atoms with Gasteiger partial charge in [-0.05, 0) is 50.6 Å². The zero-order valence-electron chi connectivity index (χ0n) is 22.6. The molecule has 0 aromatic heterocycles. The average Bonchev–Trinajstić information content (AvgIpc) is 2.93. The number of piperazine rings is 1. The Morgan fingerprint density at radius 2 is 1.90 bits per heavy atom. The molecule has 0 radical (unpaired) electrons. The van der Waals surface area contributed by atoms with Crippen LogP contribution in [0.25, 0.3) is 0 Å². The summed E-state index contributed by atoms with van der Waals surface area (Å²) < 4.78 is 67.9. The average molecular weight is 602 g/mol. The molecule has 2 atom stereocenters. The van der Waals surface area contributed by atoms with E-state index in [2.05, 4.69) is 16.0 Å². The molecule has 3 N–H and O–H groups in total. The monoisotopic (exact) mass is 601 g/mol. The molecule has 224 valence electrons. The van der Waals surface area contributed by atoms with Gasteiger partial charge in [-0.1, -0.05) is 17.7 Å². The number of nitrogens with one attached hydrogen (secondary N) is 3. The lowest BCUT2D eigenvalue weighted by Crippen LogP contribution is -2.52. The molecule has 2 aliphatic heterocycles. The van der Waals surface area contributed by atoms with Gasteiger partial charge in [-0.25, -0.2) is 8.78 Å². The maximum absolute atomic E-state index is 15.0. The molecule has 2 amide bonds. The normalized spacial score (nSPS) is 20.1. The number of piperidine rings is 1. The highest BCUT2D eigenvalue weighted by Crippen LogP contribution is 2.33. The van der Waals surface area contributed by atoms with Crippen LogP contribution in [0.3, 0.4) is 0 Å². The minimum atomic E-state index is -4.24. The molecule has 7 nitrogen and oxygen atoms in total. The number of hydrogen-bond donors (Lipinski definition) is 3. The van der Waals surface area contributed by atoms with Gasteiger partial charge in [0.25, 0.3) is 5.91 Å². The smallest absolute Gasteiger partial charge is 0.365 e. The number of carbonyl (C=O) groups excluding carboxylic acids is 2. The van der Waals surface area contributed by atoms with Crippen LogP contribution in [0.1, 0.15) is 42.1 Å². The van der Waals surface area contributed by atoms with Crippen molar-refractivity contribution >= 4 is 34.8 Å². The summed E-state index contributed by atoms with van der Waals surface area (Å²) in [5.41, 5.74) is 0.221. The van der Waals surface area contributed by atoms with Gasteiger partial charge in [0.1, 0.15) is 0 Å². The molecule has 13 heteroatoms. The van der Waals surface area contributed by atoms with Crippen LogP contribution in [-0.2, 0) is 11.3 Å². The Labute approximate surface area is 240 Å². The van der Waals surface area contributed by atoms with Crippen molar-refractivity contribution in [1.29, 1.82) is 0 Å². The molecular formula is C28H33ClF5N5O2. The van der Waals surface area contributed by atoms with E-state index in [1.165, 1.54) is 18.2 Å². The number of nitrogens with zero attached hydrogens (tertiary/aromatic N) is 2. The highest BCUT2D eigenvalue weighted by molar-refractivity contribution is 6.31. The molecule has 41 heavy (non-hydrogen) atoms. The summed E-state index contributed by atoms with van der Waals surface area (Å²) in [6, 6.07) is 6.90. The predicted molar refractivity (Wildman–Crippen MR) is 147 cm³/mol. The molecule has 2 aliphatic rings. The fourth-order valence-corrected chi connectivity index (χ4v) is 5.39. The zero-order chi connectivity index (χ0) is 29.7. The Balaban J connectivity index is 1.43. The van der Waals surface area contributed by atoms with E-state index >= 15 is 0 Å². The van der Waals surface area contributed by atoms with E-state index in [4.69, 9.17) is 11.6 Å². The highest BCUT2D eigenvalue weighted by atomic mass is 35.5. The topological polar surface area (TPSA) is 76.7 Å². The minimum Gasteiger partial charge on any atom is -0.365 e. The molecule has 0 aliphatic carbocycles. The van der Waals surface area contributed by atoms with E-state index in [-0.39, 0.29) is 36.5 Å². The van der Waals surface area contributed by atoms with Crippen LogP contribution in [0.15, 0.2) is 30.3 Å². The minimum absolute atomic E-state index is 0.0828. The van der Waals surface area contributed by atoms with Crippen LogP contribution < -0.4 is 20.9 Å². The highest BCUT2D eigenvalue weighted by Gasteiger charge is 2.31. The van der Waals surface area contributed by atoms with Crippen molar-refractivity contribution in [2.45, 2.75) is 44.9 Å². The summed E-state index contributed by atoms with van der Waals surface area (Å²) in [5.74, 6) is -3.92. The molecule has 2 aromatic rings. The molecule has 0 bridgehead atoms. The maximum atomic E-state index is 15.0. The summed E-state index contributed by atoms with van der Waals surface area (Å²) in [4.78, 5) is 29.0. The fourth-order valence-electron chi connectivity index (χ4n) is 5.22. The van der Waals surface area contributed by atoms with Crippen LogP contribution in [-0.4, -0.2) is 68.2 Å². The second-order valence-corrected chi connectivity index (χ2v) is 10.9. The molecule has 0 unspecified atom stereocenters. The lowest BCUT2D eigenvalue weighted by atomic mass is 9.98. The second-order valence-electron chi connectivity index (χ2n) is 10.5. The quantitative estimate of drug-likeness (QED) is 0.374. The summed E-state index contributed by atoms with van der Waals surface area (Å²) in [7, 11) is 0. The molecule has 2 aromatic carbocycles. The van der Waals surface area contributed by atoms with E-state index in [9.17, 15) is 31.5 Å². The van der Waals surface area contributed by atoms with Crippen molar-refractivity contribution in [3.63, 3.8) is 0 Å². The maximum Gasteiger partial charge on any atom is 0.390 e. The van der Waals surface area contributed by atoms with E-state index in [0.29, 0.717) is 49.0 Å². The number of hydrogen-bond acceptors (Lipinski definition) is 5. The van der Waals surface area contributed by atoms with Gasteiger partial charge in [-0.15, -0.1) is 0 Å². The van der Waals surface area contributed by atoms with Gasteiger partial charge >= 0.3 is 6.18 Å². The van der Waals surface area contributed by atoms with Crippen molar-refractivity contribution in [3.8, 4) is 0 Å². The zero-order valence-corrected chi connectivity index (χ0v) is 23.3. The molecular weight excluding hydrogens is 569 g/mol. The number of anilines is 2. The standard InChI is InChI=1S/C28H33ClF5N5O2/c1-17-16-38(10-8-28(32,33)34)11-12-39(17)23-13-20(29)5-7-22(23)37-27(41)21-6-4-18(24(30)25(21)31)15-36-26(40)19-3-2-9-35-14-19/h4-7,13,17,19,35H,2-3,8-12,14-16H2,1H3,(H,36,40)(H,37,41)/t17-,19+/m1/s1. The third-order valence-electron chi connectivity index (χ3n) is 7.47. The molecule has 2 heterocycles. The summed E-state index contributed by atoms with van der Waals surface area (Å²) in [6.07, 6.45) is -3.56. The van der Waals surface area contributed by atoms with Crippen molar-refractivity contribution in [3.05, 3.63) is 58.1 Å². The van der Waals surface area contributed by atoms with E-state index in [1.54, 1.807) is 11.0 Å². The third kappa shape index (κ3) is 8.08. The lowest BCUT2D eigenvalue weighted by Gasteiger charge is -2.42. The van der Waals surface area contributed by atoms with Crippen LogP contribution in [0.2, 0.25) is 5.02 Å². The Kier molecular flexibility index (Phi) is 10.1. The van der Waals surface area contributed by atoms with Gasteiger partial charge in [0, 0.05) is 55.9 Å². The first-order chi connectivity index (χ1) is 19.4. The number of alkyl halides is 3. The van der Waals surface area contributed by atoms with Crippen molar-refractivity contribution in [2.75, 3.05) is 49.5 Å². The van der Waals surface area contributed by atoms with Crippen LogP contribution in [0, 0.1) is 17.6 Å². The fraction of sp³-hybridized carbons (Fsp3) is 0.500. The second kappa shape index (κ2) is 13.3. The van der Waals surface area contributed by atoms with Gasteiger partial charge < -0.3 is 20.9 Å². The number of rotatable bonds is 8. The van der Waals surface area contributed by atoms with E-state index < -0.39 is 35.7 Å². The van der Waals surface area contributed by atoms with Gasteiger partial charge in [-0.2, -0.15) is 13.2 Å². The van der Waals surface area contributed by atoms with Crippen LogP contribution in [0.4, 0.5) is 33.3 Å². The van der Waals surface area contributed by atoms with Crippen LogP contribution in [0.5, 0.6) is 0 Å². The van der Waals surface area contributed by atoms with Crippen molar-refractivity contribution in [2.24, 2.45) is 5.92 Å². The largest absolute Gasteiger partial charge is 0.390 e. The molecule has 2 fully saturated rings. The summed E-state index contributed by atoms with van der Waals surface area (Å²) >= 11 is 6.21. The molecule has 4 rings (SSSR count). The number of benzene rings is 2. The van der Waals surface area contributed by atoms with Gasteiger partial charge in [-0.3, -0.25) is 14.5 Å². The Hall–Kier alpha value is -2.96. The van der Waals surface area contributed by atoms with Crippen molar-refractivity contribution < 1.29 is 31.5 Å². The van der Waals surface area contributed by atoms with Gasteiger partial charge in [0.05, 0.1) is 29.3 Å². The van der Waals surface area contributed by atoms with Crippen LogP contribution >= 0.6 is 11.6 Å². The van der Waals surface area contributed by atoms with E-state index in [0.717, 1.165) is 19.0 Å². The number of carbonyl (C=O) groups is 2. The molecule has 0 spiro atoms. The third-order valence-corrected chi connectivity index (χ3v) is 7.70. The number of amides is 2. The van der Waals surface area contributed by atoms with Crippen molar-refractivity contribution in [1.82, 2.24) is 15.5 Å². The first-order valence-corrected chi connectivity index (χ1v) is 13.9. The number of halogens is 6. The van der Waals surface area contributed by atoms with E-state index in [1.807, 2.05) is 11.8 Å². The molecule has 2 saturated heterocycles. The molecule has 0 saturated carbocycles. The summed E-state index contributed by atoms with van der Waals surface area (Å²) in [5, 5.41) is 8.76. The summed E-state index contributed by atoms with van der Waals surface area (Å²) in [6.45, 7) is 4.01. The SMILES string of the molecule is C[C@@H]1CN(CCC(F)(F)F)CCN1c1cc(Cl)ccc1NC(=O)c1ccc(CNC(=O)[C@H]2CCCNC2)c(F)c1F. The Morgan fingerprint density at radius 3 is 2.59 bits per heavy atom. The first kappa shape index (κ1) is 31.0. The predicted octanol–water partition coefficient (Wildman–Crippen LogP) is 4.95. The Bertz CT molecular complexity index is 1260. The van der Waals surface area contributed by atoms with Gasteiger partial charge in [0.2, 0.25) is 5.91 Å². The Morgan fingerprint density at radius 1 is 1.12 bits per heavy atom. The lowest BCUT2D eigenvalue weighted by molar-refractivity contribution is -0.138. The van der Waals surface area contributed by atoms with Gasteiger partial charge in [0.15, 0.2) is 11.6 Å².